The first-order valence-corrected chi connectivity index (χ1v) is 7.87. The van der Waals surface area contributed by atoms with Crippen LogP contribution < -0.4 is 5.32 Å². The normalized spacial score (nSPS) is 39.9. The molecule has 0 radical (unpaired) electrons. The molecule has 2 heteroatoms. The van der Waals surface area contributed by atoms with Crippen LogP contribution in [0.1, 0.15) is 51.4 Å². The van der Waals surface area contributed by atoms with Gasteiger partial charge in [-0.05, 0) is 50.6 Å². The smallest absolute Gasteiger partial charge is 0.0195 e. The molecule has 2 saturated heterocycles. The van der Waals surface area contributed by atoms with Crippen molar-refractivity contribution in [2.45, 2.75) is 57.4 Å². The molecular weight excluding hydrogens is 208 g/mol. The molecule has 3 atom stereocenters. The summed E-state index contributed by atoms with van der Waals surface area (Å²) in [5, 5.41) is 3.70. The fraction of sp³-hybridized carbons (Fsp3) is 1.00. The van der Waals surface area contributed by atoms with E-state index in [9.17, 15) is 0 Å². The van der Waals surface area contributed by atoms with Crippen molar-refractivity contribution in [2.75, 3.05) is 26.2 Å². The summed E-state index contributed by atoms with van der Waals surface area (Å²) in [6, 6.07) is 0.795. The van der Waals surface area contributed by atoms with Crippen LogP contribution in [0.2, 0.25) is 0 Å². The molecule has 2 aliphatic heterocycles. The van der Waals surface area contributed by atoms with Crippen LogP contribution in [-0.4, -0.2) is 37.1 Å². The van der Waals surface area contributed by atoms with Crippen LogP contribution in [-0.2, 0) is 0 Å². The zero-order valence-corrected chi connectivity index (χ0v) is 11.2. The van der Waals surface area contributed by atoms with Crippen molar-refractivity contribution in [3.05, 3.63) is 0 Å². The Kier molecular flexibility index (Phi) is 4.02. The predicted molar refractivity (Wildman–Crippen MR) is 72.1 cm³/mol. The van der Waals surface area contributed by atoms with Crippen molar-refractivity contribution in [3.8, 4) is 0 Å². The molecular formula is C15H28N2. The second-order valence-electron chi connectivity index (χ2n) is 6.50. The summed E-state index contributed by atoms with van der Waals surface area (Å²) in [7, 11) is 0. The van der Waals surface area contributed by atoms with Crippen LogP contribution in [0.4, 0.5) is 0 Å². The van der Waals surface area contributed by atoms with Gasteiger partial charge < -0.3 is 10.2 Å². The van der Waals surface area contributed by atoms with Gasteiger partial charge >= 0.3 is 0 Å². The fourth-order valence-corrected chi connectivity index (χ4v) is 4.23. The van der Waals surface area contributed by atoms with Gasteiger partial charge in [0.2, 0.25) is 0 Å². The van der Waals surface area contributed by atoms with Crippen molar-refractivity contribution in [1.82, 2.24) is 10.2 Å². The Balaban J connectivity index is 1.48. The van der Waals surface area contributed by atoms with Crippen LogP contribution in [0.15, 0.2) is 0 Å². The van der Waals surface area contributed by atoms with Gasteiger partial charge in [0, 0.05) is 19.1 Å². The van der Waals surface area contributed by atoms with Crippen LogP contribution in [0.5, 0.6) is 0 Å². The number of piperidine rings is 2. The quantitative estimate of drug-likeness (QED) is 0.793. The zero-order chi connectivity index (χ0) is 11.5. The molecule has 17 heavy (non-hydrogen) atoms. The van der Waals surface area contributed by atoms with Crippen molar-refractivity contribution in [2.24, 2.45) is 11.8 Å². The summed E-state index contributed by atoms with van der Waals surface area (Å²) in [5.41, 5.74) is 0. The van der Waals surface area contributed by atoms with Crippen LogP contribution >= 0.6 is 0 Å². The largest absolute Gasteiger partial charge is 0.313 e. The first kappa shape index (κ1) is 12.0. The summed E-state index contributed by atoms with van der Waals surface area (Å²) in [4.78, 5) is 2.76. The van der Waals surface area contributed by atoms with Crippen LogP contribution in [0, 0.1) is 11.8 Å². The monoisotopic (exact) mass is 236 g/mol. The Bertz CT molecular complexity index is 233. The maximum Gasteiger partial charge on any atom is 0.0195 e. The molecule has 3 rings (SSSR count). The van der Waals surface area contributed by atoms with E-state index < -0.39 is 0 Å². The highest BCUT2D eigenvalue weighted by atomic mass is 15.2. The van der Waals surface area contributed by atoms with Crippen LogP contribution in [0.25, 0.3) is 0 Å². The summed E-state index contributed by atoms with van der Waals surface area (Å²) < 4.78 is 0. The minimum atomic E-state index is 0.795. The van der Waals surface area contributed by atoms with Gasteiger partial charge in [-0.15, -0.1) is 0 Å². The maximum atomic E-state index is 3.70. The molecule has 0 aromatic rings. The molecule has 0 spiro atoms. The molecule has 0 aromatic carbocycles. The second-order valence-corrected chi connectivity index (χ2v) is 6.50. The molecule has 0 aromatic heterocycles. The zero-order valence-electron chi connectivity index (χ0n) is 11.2. The second kappa shape index (κ2) is 5.71. The van der Waals surface area contributed by atoms with Crippen molar-refractivity contribution < 1.29 is 0 Å². The summed E-state index contributed by atoms with van der Waals surface area (Å²) >= 11 is 0. The highest BCUT2D eigenvalue weighted by Gasteiger charge is 2.31. The van der Waals surface area contributed by atoms with Gasteiger partial charge in [-0.25, -0.2) is 0 Å². The van der Waals surface area contributed by atoms with Crippen LogP contribution in [0.3, 0.4) is 0 Å². The third kappa shape index (κ3) is 3.03. The van der Waals surface area contributed by atoms with E-state index >= 15 is 0 Å². The molecule has 0 amide bonds. The van der Waals surface area contributed by atoms with Gasteiger partial charge in [-0.1, -0.05) is 25.7 Å². The topological polar surface area (TPSA) is 15.3 Å². The number of fused-ring (bicyclic) bond motifs is 1. The van der Waals surface area contributed by atoms with Gasteiger partial charge in [-0.2, -0.15) is 0 Å². The minimum absolute atomic E-state index is 0.795. The third-order valence-corrected chi connectivity index (χ3v) is 5.27. The van der Waals surface area contributed by atoms with Gasteiger partial charge in [0.25, 0.3) is 0 Å². The van der Waals surface area contributed by atoms with E-state index in [4.69, 9.17) is 0 Å². The Labute approximate surface area is 106 Å². The standard InChI is InChI=1S/C15H28N2/c1-2-6-14-11-17(10-8-13(14)5-1)12-15-7-3-4-9-16-15/h13-16H,1-12H2. The molecule has 2 heterocycles. The lowest BCUT2D eigenvalue weighted by Gasteiger charge is -2.42. The first-order valence-electron chi connectivity index (χ1n) is 7.87. The molecule has 98 valence electrons. The van der Waals surface area contributed by atoms with Gasteiger partial charge in [0.1, 0.15) is 0 Å². The van der Waals surface area contributed by atoms with E-state index in [0.717, 1.165) is 17.9 Å². The highest BCUT2D eigenvalue weighted by Crippen LogP contribution is 2.36. The average Bonchev–Trinajstić information content (AvgIpc) is 2.40. The minimum Gasteiger partial charge on any atom is -0.313 e. The molecule has 1 N–H and O–H groups in total. The third-order valence-electron chi connectivity index (χ3n) is 5.27. The molecule has 3 fully saturated rings. The van der Waals surface area contributed by atoms with E-state index in [1.807, 2.05) is 0 Å². The van der Waals surface area contributed by atoms with E-state index in [-0.39, 0.29) is 0 Å². The Morgan fingerprint density at radius 2 is 1.71 bits per heavy atom. The number of rotatable bonds is 2. The Morgan fingerprint density at radius 1 is 0.882 bits per heavy atom. The number of hydrogen-bond donors (Lipinski definition) is 1. The van der Waals surface area contributed by atoms with Gasteiger partial charge in [0.05, 0.1) is 0 Å². The number of hydrogen-bond acceptors (Lipinski definition) is 2. The maximum absolute atomic E-state index is 3.70. The Morgan fingerprint density at radius 3 is 2.53 bits per heavy atom. The van der Waals surface area contributed by atoms with Crippen molar-refractivity contribution in [3.63, 3.8) is 0 Å². The average molecular weight is 236 g/mol. The van der Waals surface area contributed by atoms with Crippen molar-refractivity contribution in [1.29, 1.82) is 0 Å². The Hall–Kier alpha value is -0.0800. The first-order chi connectivity index (χ1) is 8.42. The van der Waals surface area contributed by atoms with Gasteiger partial charge in [0.15, 0.2) is 0 Å². The fourth-order valence-electron chi connectivity index (χ4n) is 4.23. The summed E-state index contributed by atoms with van der Waals surface area (Å²) in [5.74, 6) is 2.13. The number of nitrogens with one attached hydrogen (secondary N) is 1. The molecule has 2 nitrogen and oxygen atoms in total. The number of likely N-dealkylation sites (tertiary alicyclic amines) is 1. The van der Waals surface area contributed by atoms with E-state index in [0.29, 0.717) is 0 Å². The van der Waals surface area contributed by atoms with E-state index in [2.05, 4.69) is 10.2 Å². The lowest BCUT2D eigenvalue weighted by atomic mass is 9.75. The van der Waals surface area contributed by atoms with E-state index in [1.54, 1.807) is 0 Å². The molecule has 1 aliphatic carbocycles. The number of nitrogens with zero attached hydrogens (tertiary/aromatic N) is 1. The van der Waals surface area contributed by atoms with Gasteiger partial charge in [-0.3, -0.25) is 0 Å². The molecule has 0 bridgehead atoms. The predicted octanol–water partition coefficient (Wildman–Crippen LogP) is 2.64. The van der Waals surface area contributed by atoms with E-state index in [1.165, 1.54) is 77.5 Å². The summed E-state index contributed by atoms with van der Waals surface area (Å²) in [6.45, 7) is 5.36. The molecule has 1 saturated carbocycles. The molecule has 3 unspecified atom stereocenters. The van der Waals surface area contributed by atoms with Crippen molar-refractivity contribution >= 4 is 0 Å². The molecule has 3 aliphatic rings. The summed E-state index contributed by atoms with van der Waals surface area (Å²) in [6.07, 6.45) is 11.8. The lowest BCUT2D eigenvalue weighted by Crippen LogP contribution is -2.49. The highest BCUT2D eigenvalue weighted by molar-refractivity contribution is 4.86. The lowest BCUT2D eigenvalue weighted by molar-refractivity contribution is 0.0772. The SMILES string of the molecule is C1CCC(CN2CCC3CCCCC3C2)NC1.